The fourth-order valence-corrected chi connectivity index (χ4v) is 2.85. The normalized spacial score (nSPS) is 18.3. The summed E-state index contributed by atoms with van der Waals surface area (Å²) in [5, 5.41) is 0. The number of rotatable bonds is 1. The van der Waals surface area contributed by atoms with Crippen molar-refractivity contribution in [2.45, 2.75) is 19.7 Å². The number of fused-ring (bicyclic) bond motifs is 3. The van der Waals surface area contributed by atoms with E-state index < -0.39 is 0 Å². The van der Waals surface area contributed by atoms with Gasteiger partial charge in [0.2, 0.25) is 0 Å². The van der Waals surface area contributed by atoms with Crippen LogP contribution in [0, 0.1) is 5.82 Å². The Morgan fingerprint density at radius 2 is 1.91 bits per heavy atom. The number of ether oxygens (including phenoxy) is 1. The molecule has 112 valence electrons. The van der Waals surface area contributed by atoms with Gasteiger partial charge in [-0.05, 0) is 43.3 Å². The van der Waals surface area contributed by atoms with E-state index >= 15 is 0 Å². The lowest BCUT2D eigenvalue weighted by molar-refractivity contribution is 0.0677. The molecular formula is C17H16FN3O. The van der Waals surface area contributed by atoms with Gasteiger partial charge in [-0.1, -0.05) is 12.1 Å². The Morgan fingerprint density at radius 3 is 2.73 bits per heavy atom. The van der Waals surface area contributed by atoms with Gasteiger partial charge in [-0.25, -0.2) is 9.37 Å². The predicted octanol–water partition coefficient (Wildman–Crippen LogP) is 3.69. The molecule has 0 aliphatic carbocycles. The van der Waals surface area contributed by atoms with Crippen LogP contribution in [0.4, 0.5) is 10.1 Å². The highest BCUT2D eigenvalue weighted by atomic mass is 19.1. The first-order valence-corrected chi connectivity index (χ1v) is 7.29. The van der Waals surface area contributed by atoms with Crippen molar-refractivity contribution in [3.05, 3.63) is 60.2 Å². The van der Waals surface area contributed by atoms with Gasteiger partial charge in [-0.2, -0.15) is 0 Å². The van der Waals surface area contributed by atoms with Crippen LogP contribution in [0.5, 0.6) is 0 Å². The van der Waals surface area contributed by atoms with Gasteiger partial charge in [-0.3, -0.25) is 0 Å². The molecular weight excluding hydrogens is 281 g/mol. The largest absolute Gasteiger partial charge is 0.350 e. The minimum Gasteiger partial charge on any atom is -0.350 e. The summed E-state index contributed by atoms with van der Waals surface area (Å²) in [4.78, 5) is 6.76. The van der Waals surface area contributed by atoms with Gasteiger partial charge in [0.1, 0.15) is 24.5 Å². The lowest BCUT2D eigenvalue weighted by atomic mass is 10.3. The lowest BCUT2D eigenvalue weighted by Gasteiger charge is -2.23. The van der Waals surface area contributed by atoms with Gasteiger partial charge in [-0.15, -0.1) is 0 Å². The molecule has 0 saturated heterocycles. The van der Waals surface area contributed by atoms with Gasteiger partial charge in [0.15, 0.2) is 0 Å². The van der Waals surface area contributed by atoms with E-state index in [1.807, 2.05) is 25.1 Å². The second-order valence-corrected chi connectivity index (χ2v) is 5.48. The summed E-state index contributed by atoms with van der Waals surface area (Å²) >= 11 is 0. The van der Waals surface area contributed by atoms with Crippen LogP contribution in [0.2, 0.25) is 0 Å². The molecule has 1 atom stereocenters. The summed E-state index contributed by atoms with van der Waals surface area (Å²) < 4.78 is 21.2. The molecule has 0 bridgehead atoms. The van der Waals surface area contributed by atoms with Crippen LogP contribution in [0.15, 0.2) is 48.5 Å². The van der Waals surface area contributed by atoms with Gasteiger partial charge in [0.25, 0.3) is 0 Å². The number of anilines is 1. The van der Waals surface area contributed by atoms with E-state index in [2.05, 4.69) is 20.5 Å². The lowest BCUT2D eigenvalue weighted by Crippen LogP contribution is -2.26. The summed E-state index contributed by atoms with van der Waals surface area (Å²) in [5.41, 5.74) is 2.98. The minimum absolute atomic E-state index is 0.0853. The Bertz CT molecular complexity index is 812. The average molecular weight is 297 g/mol. The van der Waals surface area contributed by atoms with Crippen LogP contribution in [0.25, 0.3) is 11.0 Å². The molecule has 5 heteroatoms. The Kier molecular flexibility index (Phi) is 3.08. The van der Waals surface area contributed by atoms with Crippen molar-refractivity contribution in [3.8, 4) is 0 Å². The molecule has 4 nitrogen and oxygen atoms in total. The van der Waals surface area contributed by atoms with Crippen molar-refractivity contribution < 1.29 is 9.13 Å². The van der Waals surface area contributed by atoms with Crippen molar-refractivity contribution in [1.29, 1.82) is 0 Å². The van der Waals surface area contributed by atoms with Gasteiger partial charge < -0.3 is 14.2 Å². The molecule has 22 heavy (non-hydrogen) atoms. The number of hydrogen-bond donors (Lipinski definition) is 0. The van der Waals surface area contributed by atoms with Crippen molar-refractivity contribution in [1.82, 2.24) is 9.55 Å². The van der Waals surface area contributed by atoms with Crippen LogP contribution in [0.1, 0.15) is 18.9 Å². The molecule has 2 heterocycles. The second kappa shape index (κ2) is 5.10. The quantitative estimate of drug-likeness (QED) is 0.686. The maximum Gasteiger partial charge on any atom is 0.140 e. The Morgan fingerprint density at radius 1 is 1.14 bits per heavy atom. The van der Waals surface area contributed by atoms with E-state index in [4.69, 9.17) is 4.74 Å². The van der Waals surface area contributed by atoms with Gasteiger partial charge in [0.05, 0.1) is 17.7 Å². The van der Waals surface area contributed by atoms with E-state index in [0.29, 0.717) is 13.4 Å². The van der Waals surface area contributed by atoms with Gasteiger partial charge >= 0.3 is 0 Å². The molecule has 0 fully saturated rings. The van der Waals surface area contributed by atoms with E-state index in [-0.39, 0.29) is 11.9 Å². The number of nitrogens with zero attached hydrogens (tertiary/aromatic N) is 3. The fraction of sp³-hybridized carbons (Fsp3) is 0.235. The third kappa shape index (κ3) is 2.14. The van der Waals surface area contributed by atoms with E-state index in [0.717, 1.165) is 22.5 Å². The number of hydrogen-bond acceptors (Lipinski definition) is 3. The highest BCUT2D eigenvalue weighted by Gasteiger charge is 2.23. The number of benzene rings is 2. The van der Waals surface area contributed by atoms with Crippen molar-refractivity contribution in [2.24, 2.45) is 0 Å². The molecule has 2 aromatic carbocycles. The predicted molar refractivity (Wildman–Crippen MR) is 83.0 cm³/mol. The first-order valence-electron chi connectivity index (χ1n) is 7.29. The van der Waals surface area contributed by atoms with E-state index in [1.165, 1.54) is 12.1 Å². The fourth-order valence-electron chi connectivity index (χ4n) is 2.85. The molecule has 0 spiro atoms. The molecule has 1 unspecified atom stereocenters. The topological polar surface area (TPSA) is 30.3 Å². The molecule has 1 aliphatic heterocycles. The van der Waals surface area contributed by atoms with Crippen molar-refractivity contribution in [3.63, 3.8) is 0 Å². The van der Waals surface area contributed by atoms with Crippen LogP contribution >= 0.6 is 0 Å². The SMILES string of the molecule is CC1OCN(c2ccc(F)cc2)Cn2c1nc1ccccc12. The van der Waals surface area contributed by atoms with Crippen LogP contribution in [-0.4, -0.2) is 16.3 Å². The molecule has 0 radical (unpaired) electrons. The molecule has 4 rings (SSSR count). The maximum atomic E-state index is 13.1. The smallest absolute Gasteiger partial charge is 0.140 e. The number of imidazole rings is 1. The minimum atomic E-state index is -0.235. The third-order valence-electron chi connectivity index (χ3n) is 4.03. The monoisotopic (exact) mass is 297 g/mol. The van der Waals surface area contributed by atoms with E-state index in [9.17, 15) is 4.39 Å². The highest BCUT2D eigenvalue weighted by molar-refractivity contribution is 5.76. The van der Waals surface area contributed by atoms with Crippen LogP contribution in [0.3, 0.4) is 0 Å². The third-order valence-corrected chi connectivity index (χ3v) is 4.03. The van der Waals surface area contributed by atoms with Crippen LogP contribution in [-0.2, 0) is 11.4 Å². The van der Waals surface area contributed by atoms with Crippen LogP contribution < -0.4 is 4.90 Å². The number of para-hydroxylation sites is 2. The number of aromatic nitrogens is 2. The Hall–Kier alpha value is -2.40. The molecule has 3 aromatic rings. The van der Waals surface area contributed by atoms with Crippen molar-refractivity contribution >= 4 is 16.7 Å². The summed E-state index contributed by atoms with van der Waals surface area (Å²) in [6, 6.07) is 14.5. The summed E-state index contributed by atoms with van der Waals surface area (Å²) in [6.45, 7) is 3.09. The Balaban J connectivity index is 1.79. The maximum absolute atomic E-state index is 13.1. The zero-order valence-electron chi connectivity index (χ0n) is 12.2. The second-order valence-electron chi connectivity index (χ2n) is 5.48. The Labute approximate surface area is 127 Å². The average Bonchev–Trinajstić information content (AvgIpc) is 2.82. The number of halogens is 1. The molecule has 1 aromatic heterocycles. The summed E-state index contributed by atoms with van der Waals surface area (Å²) in [5.74, 6) is 0.687. The highest BCUT2D eigenvalue weighted by Crippen LogP contribution is 2.28. The molecule has 0 N–H and O–H groups in total. The summed E-state index contributed by atoms with van der Waals surface area (Å²) in [6.07, 6.45) is -0.0853. The first-order chi connectivity index (χ1) is 10.7. The molecule has 1 aliphatic rings. The zero-order chi connectivity index (χ0) is 15.1. The first kappa shape index (κ1) is 13.3. The molecule has 0 saturated carbocycles. The zero-order valence-corrected chi connectivity index (χ0v) is 12.2. The van der Waals surface area contributed by atoms with E-state index in [1.54, 1.807) is 12.1 Å². The van der Waals surface area contributed by atoms with Crippen molar-refractivity contribution in [2.75, 3.05) is 11.6 Å². The summed E-state index contributed by atoms with van der Waals surface area (Å²) in [7, 11) is 0. The molecule has 0 amide bonds. The van der Waals surface area contributed by atoms with Gasteiger partial charge in [0, 0.05) is 5.69 Å². The standard InChI is InChI=1S/C17H16FN3O/c1-12-17-19-15-4-2-3-5-16(15)21(17)10-20(11-22-12)14-8-6-13(18)7-9-14/h2-9,12H,10-11H2,1H3.